The van der Waals surface area contributed by atoms with Gasteiger partial charge in [0, 0.05) is 48.8 Å². The summed E-state index contributed by atoms with van der Waals surface area (Å²) in [5, 5.41) is 1.17. The summed E-state index contributed by atoms with van der Waals surface area (Å²) in [4.78, 5) is 23.5. The normalized spacial score (nSPS) is 17.3. The predicted molar refractivity (Wildman–Crippen MR) is 116 cm³/mol. The Labute approximate surface area is 170 Å². The fourth-order valence-electron chi connectivity index (χ4n) is 4.81. The van der Waals surface area contributed by atoms with Crippen molar-refractivity contribution >= 4 is 27.8 Å². The second kappa shape index (κ2) is 6.76. The number of aromatic nitrogens is 3. The van der Waals surface area contributed by atoms with E-state index in [1.54, 1.807) is 0 Å². The van der Waals surface area contributed by atoms with Crippen molar-refractivity contribution in [3.8, 4) is 0 Å². The minimum Gasteiger partial charge on any atom is -0.357 e. The Kier molecular flexibility index (Phi) is 4.19. The largest absolute Gasteiger partial charge is 0.357 e. The van der Waals surface area contributed by atoms with Crippen molar-refractivity contribution in [2.24, 2.45) is 7.05 Å². The molecule has 0 aliphatic carbocycles. The molecule has 0 bridgehead atoms. The van der Waals surface area contributed by atoms with Crippen LogP contribution in [0.5, 0.6) is 0 Å². The number of rotatable bonds is 2. The predicted octanol–water partition coefficient (Wildman–Crippen LogP) is 4.69. The van der Waals surface area contributed by atoms with Gasteiger partial charge >= 0.3 is 0 Å². The summed E-state index contributed by atoms with van der Waals surface area (Å²) in [7, 11) is 2.00. The summed E-state index contributed by atoms with van der Waals surface area (Å²) >= 11 is 0. The summed E-state index contributed by atoms with van der Waals surface area (Å²) in [6.45, 7) is 5.72. The fraction of sp³-hybridized carbons (Fsp3) is 0.333. The zero-order chi connectivity index (χ0) is 20.1. The molecule has 5 nitrogen and oxygen atoms in total. The smallest absolute Gasteiger partial charge is 0.270 e. The van der Waals surface area contributed by atoms with Crippen LogP contribution in [0.15, 0.2) is 42.6 Å². The molecular weight excluding hydrogens is 360 g/mol. The maximum absolute atomic E-state index is 13.5. The van der Waals surface area contributed by atoms with E-state index in [2.05, 4.69) is 58.7 Å². The zero-order valence-electron chi connectivity index (χ0n) is 17.2. The molecular formula is C24H26N4O. The Balaban J connectivity index is 1.46. The second-order valence-corrected chi connectivity index (χ2v) is 8.30. The van der Waals surface area contributed by atoms with Crippen molar-refractivity contribution in [2.75, 3.05) is 13.1 Å². The average molecular weight is 386 g/mol. The van der Waals surface area contributed by atoms with Gasteiger partial charge in [0.15, 0.2) is 0 Å². The van der Waals surface area contributed by atoms with Crippen LogP contribution in [0.3, 0.4) is 0 Å². The van der Waals surface area contributed by atoms with Crippen LogP contribution in [0, 0.1) is 13.8 Å². The van der Waals surface area contributed by atoms with E-state index in [0.717, 1.165) is 53.7 Å². The number of carbonyl (C=O) groups excluding carboxylic acids is 1. The molecule has 3 aromatic heterocycles. The Morgan fingerprint density at radius 1 is 1.21 bits per heavy atom. The van der Waals surface area contributed by atoms with Gasteiger partial charge in [-0.3, -0.25) is 9.78 Å². The molecule has 1 saturated heterocycles. The number of fused-ring (bicyclic) bond motifs is 2. The standard InChI is InChI=1S/C24H26N4O/c1-15-8-9-22-18(12-15)16(2)23(27(22)3)24(29)28-11-5-6-17(14-28)20-13-21-19(26-20)7-4-10-25-21/h4,7-10,12-13,17,26H,5-6,11,14H2,1-3H3/t17-/m0/s1. The van der Waals surface area contributed by atoms with Crippen LogP contribution in [0.1, 0.15) is 46.1 Å². The number of carbonyl (C=O) groups is 1. The number of nitrogens with zero attached hydrogens (tertiary/aromatic N) is 3. The van der Waals surface area contributed by atoms with Crippen LogP contribution in [-0.2, 0) is 7.05 Å². The molecule has 1 aliphatic rings. The first kappa shape index (κ1) is 18.0. The topological polar surface area (TPSA) is 53.9 Å². The van der Waals surface area contributed by atoms with Crippen LogP contribution >= 0.6 is 0 Å². The van der Waals surface area contributed by atoms with E-state index in [4.69, 9.17) is 0 Å². The molecule has 5 heteroatoms. The molecule has 0 spiro atoms. The Bertz CT molecular complexity index is 1200. The van der Waals surface area contributed by atoms with Crippen LogP contribution in [0.2, 0.25) is 0 Å². The summed E-state index contributed by atoms with van der Waals surface area (Å²) in [6, 6.07) is 12.5. The number of pyridine rings is 1. The van der Waals surface area contributed by atoms with Crippen LogP contribution < -0.4 is 0 Å². The van der Waals surface area contributed by atoms with Crippen molar-refractivity contribution < 1.29 is 4.79 Å². The van der Waals surface area contributed by atoms with Crippen LogP contribution in [0.4, 0.5) is 0 Å². The molecule has 4 aromatic rings. The minimum atomic E-state index is 0.137. The zero-order valence-corrected chi connectivity index (χ0v) is 17.2. The van der Waals surface area contributed by atoms with Gasteiger partial charge in [-0.15, -0.1) is 0 Å². The van der Waals surface area contributed by atoms with E-state index >= 15 is 0 Å². The highest BCUT2D eigenvalue weighted by Crippen LogP contribution is 2.31. The van der Waals surface area contributed by atoms with Gasteiger partial charge in [-0.25, -0.2) is 0 Å². The number of aromatic amines is 1. The number of benzene rings is 1. The van der Waals surface area contributed by atoms with Gasteiger partial charge in [0.05, 0.1) is 11.0 Å². The van der Waals surface area contributed by atoms with Gasteiger partial charge in [0.1, 0.15) is 5.69 Å². The van der Waals surface area contributed by atoms with Gasteiger partial charge in [-0.05, 0) is 62.6 Å². The summed E-state index contributed by atoms with van der Waals surface area (Å²) in [6.07, 6.45) is 3.92. The summed E-state index contributed by atoms with van der Waals surface area (Å²) < 4.78 is 2.06. The molecule has 1 aromatic carbocycles. The molecule has 5 rings (SSSR count). The first-order valence-electron chi connectivity index (χ1n) is 10.3. The SMILES string of the molecule is Cc1ccc2c(c1)c(C)c(C(=O)N1CCC[C@H](c3cc4ncccc4[nH]3)C1)n2C. The third-order valence-electron chi connectivity index (χ3n) is 6.37. The minimum absolute atomic E-state index is 0.137. The number of hydrogen-bond acceptors (Lipinski definition) is 2. The lowest BCUT2D eigenvalue weighted by Crippen LogP contribution is -2.40. The third kappa shape index (κ3) is 2.92. The lowest BCUT2D eigenvalue weighted by Gasteiger charge is -2.32. The Morgan fingerprint density at radius 2 is 2.07 bits per heavy atom. The van der Waals surface area contributed by atoms with Gasteiger partial charge < -0.3 is 14.5 Å². The van der Waals surface area contributed by atoms with E-state index in [9.17, 15) is 4.79 Å². The first-order valence-corrected chi connectivity index (χ1v) is 10.3. The van der Waals surface area contributed by atoms with Gasteiger partial charge in [0.2, 0.25) is 0 Å². The quantitative estimate of drug-likeness (QED) is 0.543. The van der Waals surface area contributed by atoms with E-state index in [1.807, 2.05) is 24.2 Å². The van der Waals surface area contributed by atoms with Gasteiger partial charge in [-0.2, -0.15) is 0 Å². The van der Waals surface area contributed by atoms with E-state index < -0.39 is 0 Å². The van der Waals surface area contributed by atoms with Crippen LogP contribution in [-0.4, -0.2) is 38.4 Å². The lowest BCUT2D eigenvalue weighted by molar-refractivity contribution is 0.0696. The third-order valence-corrected chi connectivity index (χ3v) is 6.37. The van der Waals surface area contributed by atoms with Crippen molar-refractivity contribution in [1.29, 1.82) is 0 Å². The lowest BCUT2D eigenvalue weighted by atomic mass is 9.94. The molecule has 29 heavy (non-hydrogen) atoms. The fourth-order valence-corrected chi connectivity index (χ4v) is 4.81. The van der Waals surface area contributed by atoms with Crippen molar-refractivity contribution in [3.63, 3.8) is 0 Å². The maximum atomic E-state index is 13.5. The Morgan fingerprint density at radius 3 is 2.90 bits per heavy atom. The molecule has 0 radical (unpaired) electrons. The molecule has 0 saturated carbocycles. The molecule has 1 N–H and O–H groups in total. The molecule has 1 aliphatic heterocycles. The molecule has 1 amide bonds. The molecule has 1 atom stereocenters. The Hall–Kier alpha value is -3.08. The number of hydrogen-bond donors (Lipinski definition) is 1. The number of amides is 1. The van der Waals surface area contributed by atoms with Gasteiger partial charge in [-0.1, -0.05) is 11.6 Å². The van der Waals surface area contributed by atoms with Crippen molar-refractivity contribution in [3.05, 3.63) is 65.1 Å². The highest BCUT2D eigenvalue weighted by Gasteiger charge is 2.29. The molecule has 4 heterocycles. The molecule has 148 valence electrons. The highest BCUT2D eigenvalue weighted by molar-refractivity contribution is 6.01. The first-order chi connectivity index (χ1) is 14.0. The number of nitrogens with one attached hydrogen (secondary N) is 1. The summed E-state index contributed by atoms with van der Waals surface area (Å²) in [5.74, 6) is 0.455. The number of likely N-dealkylation sites (tertiary alicyclic amines) is 1. The monoisotopic (exact) mass is 386 g/mol. The maximum Gasteiger partial charge on any atom is 0.270 e. The number of aryl methyl sites for hydroxylation is 3. The van der Waals surface area contributed by atoms with E-state index in [1.165, 1.54) is 16.6 Å². The van der Waals surface area contributed by atoms with Crippen LogP contribution in [0.25, 0.3) is 21.9 Å². The van der Waals surface area contributed by atoms with E-state index in [0.29, 0.717) is 5.92 Å². The van der Waals surface area contributed by atoms with E-state index in [-0.39, 0.29) is 5.91 Å². The number of H-pyrrole nitrogens is 1. The molecule has 0 unspecified atom stereocenters. The second-order valence-electron chi connectivity index (χ2n) is 8.30. The highest BCUT2D eigenvalue weighted by atomic mass is 16.2. The number of piperidine rings is 1. The average Bonchev–Trinajstić information content (AvgIpc) is 3.27. The van der Waals surface area contributed by atoms with Gasteiger partial charge in [0.25, 0.3) is 5.91 Å². The van der Waals surface area contributed by atoms with Crippen molar-refractivity contribution in [2.45, 2.75) is 32.6 Å². The summed E-state index contributed by atoms with van der Waals surface area (Å²) in [5.41, 5.74) is 7.46. The molecule has 1 fully saturated rings. The van der Waals surface area contributed by atoms with Crippen molar-refractivity contribution in [1.82, 2.24) is 19.4 Å².